The summed E-state index contributed by atoms with van der Waals surface area (Å²) in [5.74, 6) is -1.92. The molecule has 0 aliphatic carbocycles. The Kier molecular flexibility index (Phi) is 3.74. The van der Waals surface area contributed by atoms with E-state index in [2.05, 4.69) is 14.5 Å². The van der Waals surface area contributed by atoms with Gasteiger partial charge in [-0.05, 0) is 0 Å². The predicted octanol–water partition coefficient (Wildman–Crippen LogP) is 1.96. The number of benzene rings is 1. The summed E-state index contributed by atoms with van der Waals surface area (Å²) in [4.78, 5) is 26.1. The third-order valence-electron chi connectivity index (χ3n) is 2.82. The highest BCUT2D eigenvalue weighted by Gasteiger charge is 2.28. The van der Waals surface area contributed by atoms with Crippen LogP contribution < -0.4 is 0 Å². The molecule has 1 heterocycles. The summed E-state index contributed by atoms with van der Waals surface area (Å²) < 4.78 is 9.16. The van der Waals surface area contributed by atoms with E-state index in [-0.39, 0.29) is 22.7 Å². The van der Waals surface area contributed by atoms with Crippen molar-refractivity contribution in [2.45, 2.75) is 0 Å². The summed E-state index contributed by atoms with van der Waals surface area (Å²) in [6.07, 6.45) is 0. The maximum absolute atomic E-state index is 11.7. The SMILES string of the molecule is COC(=O)c1[nH]c(-c2ccccc2)c(O)c1C(=O)OC. The zero-order valence-corrected chi connectivity index (χ0v) is 11.0. The van der Waals surface area contributed by atoms with Crippen molar-refractivity contribution in [2.75, 3.05) is 14.2 Å². The first-order valence-corrected chi connectivity index (χ1v) is 5.77. The number of ether oxygens (including phenoxy) is 2. The van der Waals surface area contributed by atoms with Crippen LogP contribution in [0.1, 0.15) is 20.8 Å². The van der Waals surface area contributed by atoms with Gasteiger partial charge >= 0.3 is 11.9 Å². The number of hydrogen-bond acceptors (Lipinski definition) is 5. The molecule has 6 heteroatoms. The lowest BCUT2D eigenvalue weighted by Gasteiger charge is -2.00. The van der Waals surface area contributed by atoms with Crippen LogP contribution >= 0.6 is 0 Å². The first kappa shape index (κ1) is 13.7. The highest BCUT2D eigenvalue weighted by atomic mass is 16.5. The topological polar surface area (TPSA) is 88.6 Å². The number of rotatable bonds is 3. The highest BCUT2D eigenvalue weighted by Crippen LogP contribution is 2.34. The molecule has 1 aromatic heterocycles. The van der Waals surface area contributed by atoms with Crippen LogP contribution in [0.15, 0.2) is 30.3 Å². The molecule has 0 bridgehead atoms. The van der Waals surface area contributed by atoms with Gasteiger partial charge in [-0.15, -0.1) is 0 Å². The van der Waals surface area contributed by atoms with E-state index in [1.54, 1.807) is 24.3 Å². The molecule has 0 unspecified atom stereocenters. The number of aromatic hydroxyl groups is 1. The highest BCUT2D eigenvalue weighted by molar-refractivity contribution is 6.06. The van der Waals surface area contributed by atoms with Crippen LogP contribution in [0.5, 0.6) is 5.75 Å². The molecule has 0 atom stereocenters. The van der Waals surface area contributed by atoms with E-state index in [1.807, 2.05) is 6.07 Å². The molecule has 0 fully saturated rings. The first-order valence-electron chi connectivity index (χ1n) is 5.77. The second-order valence-corrected chi connectivity index (χ2v) is 3.95. The summed E-state index contributed by atoms with van der Waals surface area (Å²) in [5, 5.41) is 10.2. The summed E-state index contributed by atoms with van der Waals surface area (Å²) in [6.45, 7) is 0. The minimum Gasteiger partial charge on any atom is -0.505 e. The smallest absolute Gasteiger partial charge is 0.355 e. The van der Waals surface area contributed by atoms with Gasteiger partial charge in [-0.1, -0.05) is 30.3 Å². The summed E-state index contributed by atoms with van der Waals surface area (Å²) in [6, 6.07) is 8.81. The van der Waals surface area contributed by atoms with Gasteiger partial charge in [-0.25, -0.2) is 9.59 Å². The molecule has 0 saturated heterocycles. The van der Waals surface area contributed by atoms with Crippen LogP contribution in [-0.2, 0) is 9.47 Å². The fourth-order valence-electron chi connectivity index (χ4n) is 1.86. The van der Waals surface area contributed by atoms with Crippen LogP contribution in [-0.4, -0.2) is 36.2 Å². The van der Waals surface area contributed by atoms with Crippen molar-refractivity contribution in [1.29, 1.82) is 0 Å². The van der Waals surface area contributed by atoms with Crippen LogP contribution in [0, 0.1) is 0 Å². The minimum atomic E-state index is -0.818. The Balaban J connectivity index is 2.65. The standard InChI is InChI=1S/C14H13NO5/c1-19-13(17)9-11(14(18)20-2)15-10(12(9)16)8-6-4-3-5-7-8/h3-7,15-16H,1-2H3. The molecule has 0 aliphatic rings. The van der Waals surface area contributed by atoms with E-state index in [0.29, 0.717) is 5.56 Å². The molecule has 0 amide bonds. The van der Waals surface area contributed by atoms with Gasteiger partial charge in [0.2, 0.25) is 0 Å². The van der Waals surface area contributed by atoms with Crippen LogP contribution in [0.25, 0.3) is 11.3 Å². The van der Waals surface area contributed by atoms with Gasteiger partial charge in [-0.3, -0.25) is 0 Å². The van der Waals surface area contributed by atoms with Crippen molar-refractivity contribution < 1.29 is 24.2 Å². The molecular weight excluding hydrogens is 262 g/mol. The Bertz CT molecular complexity index is 645. The van der Waals surface area contributed by atoms with Crippen molar-refractivity contribution in [3.05, 3.63) is 41.6 Å². The van der Waals surface area contributed by atoms with Gasteiger partial charge in [0.1, 0.15) is 11.3 Å². The number of carbonyl (C=O) groups is 2. The number of methoxy groups -OCH3 is 2. The molecule has 0 radical (unpaired) electrons. The lowest BCUT2D eigenvalue weighted by atomic mass is 10.1. The fourth-order valence-corrected chi connectivity index (χ4v) is 1.86. The molecule has 2 N–H and O–H groups in total. The van der Waals surface area contributed by atoms with Crippen LogP contribution in [0.3, 0.4) is 0 Å². The molecule has 1 aromatic carbocycles. The zero-order chi connectivity index (χ0) is 14.7. The number of aromatic amines is 1. The summed E-state index contributed by atoms with van der Waals surface area (Å²) in [7, 11) is 2.35. The van der Waals surface area contributed by atoms with Crippen molar-refractivity contribution >= 4 is 11.9 Å². The van der Waals surface area contributed by atoms with Gasteiger partial charge in [0.05, 0.1) is 19.9 Å². The number of aromatic nitrogens is 1. The predicted molar refractivity (Wildman–Crippen MR) is 70.6 cm³/mol. The van der Waals surface area contributed by atoms with Crippen molar-refractivity contribution in [1.82, 2.24) is 4.98 Å². The van der Waals surface area contributed by atoms with E-state index >= 15 is 0 Å². The van der Waals surface area contributed by atoms with Crippen LogP contribution in [0.4, 0.5) is 0 Å². The third-order valence-corrected chi connectivity index (χ3v) is 2.82. The van der Waals surface area contributed by atoms with E-state index in [0.717, 1.165) is 7.11 Å². The maximum atomic E-state index is 11.7. The Morgan fingerprint density at radius 1 is 1.05 bits per heavy atom. The van der Waals surface area contributed by atoms with Crippen molar-refractivity contribution in [3.63, 3.8) is 0 Å². The van der Waals surface area contributed by atoms with Gasteiger partial charge < -0.3 is 19.6 Å². The summed E-state index contributed by atoms with van der Waals surface area (Å²) in [5.41, 5.74) is 0.505. The minimum absolute atomic E-state index is 0.143. The maximum Gasteiger partial charge on any atom is 0.355 e. The van der Waals surface area contributed by atoms with Gasteiger partial charge in [0, 0.05) is 5.56 Å². The molecular formula is C14H13NO5. The number of carbonyl (C=O) groups excluding carboxylic acids is 2. The van der Waals surface area contributed by atoms with Gasteiger partial charge in [-0.2, -0.15) is 0 Å². The largest absolute Gasteiger partial charge is 0.505 e. The molecule has 2 rings (SSSR count). The number of nitrogens with one attached hydrogen (secondary N) is 1. The van der Waals surface area contributed by atoms with Crippen molar-refractivity contribution in [3.8, 4) is 17.0 Å². The normalized spacial score (nSPS) is 10.1. The molecule has 0 aliphatic heterocycles. The van der Waals surface area contributed by atoms with E-state index in [9.17, 15) is 14.7 Å². The Hall–Kier alpha value is -2.76. The molecule has 20 heavy (non-hydrogen) atoms. The van der Waals surface area contributed by atoms with E-state index in [1.165, 1.54) is 7.11 Å². The summed E-state index contributed by atoms with van der Waals surface area (Å²) >= 11 is 0. The quantitative estimate of drug-likeness (QED) is 0.836. The third kappa shape index (κ3) is 2.23. The van der Waals surface area contributed by atoms with Gasteiger partial charge in [0.15, 0.2) is 5.75 Å². The molecule has 104 valence electrons. The number of hydrogen-bond donors (Lipinski definition) is 2. The molecule has 0 saturated carbocycles. The Labute approximate surface area is 115 Å². The second kappa shape index (κ2) is 5.48. The lowest BCUT2D eigenvalue weighted by Crippen LogP contribution is -2.10. The Morgan fingerprint density at radius 2 is 1.65 bits per heavy atom. The molecule has 2 aromatic rings. The second-order valence-electron chi connectivity index (χ2n) is 3.95. The fraction of sp³-hybridized carbons (Fsp3) is 0.143. The monoisotopic (exact) mass is 275 g/mol. The van der Waals surface area contributed by atoms with E-state index in [4.69, 9.17) is 0 Å². The average Bonchev–Trinajstić information content (AvgIpc) is 2.84. The Morgan fingerprint density at radius 3 is 2.20 bits per heavy atom. The van der Waals surface area contributed by atoms with Crippen LogP contribution in [0.2, 0.25) is 0 Å². The van der Waals surface area contributed by atoms with Crippen molar-refractivity contribution in [2.24, 2.45) is 0 Å². The molecule has 0 spiro atoms. The average molecular weight is 275 g/mol. The zero-order valence-electron chi connectivity index (χ0n) is 11.0. The molecule has 6 nitrogen and oxygen atoms in total. The lowest BCUT2D eigenvalue weighted by molar-refractivity contribution is 0.0550. The number of H-pyrrole nitrogens is 1. The number of esters is 2. The van der Waals surface area contributed by atoms with E-state index < -0.39 is 11.9 Å². The first-order chi connectivity index (χ1) is 9.60. The van der Waals surface area contributed by atoms with Gasteiger partial charge in [0.25, 0.3) is 0 Å².